The number of hydrogen-bond donors (Lipinski definition) is 1. The van der Waals surface area contributed by atoms with Crippen molar-refractivity contribution < 1.29 is 41.0 Å². The predicted molar refractivity (Wildman–Crippen MR) is 60.6 cm³/mol. The Bertz CT molecular complexity index is 523. The van der Waals surface area contributed by atoms with Crippen LogP contribution in [0, 0.1) is 0 Å². The van der Waals surface area contributed by atoms with Crippen molar-refractivity contribution in [2.45, 2.75) is 18.8 Å². The molecule has 122 valence electrons. The Labute approximate surface area is 119 Å². The van der Waals surface area contributed by atoms with Crippen LogP contribution in [0.25, 0.3) is 0 Å². The van der Waals surface area contributed by atoms with E-state index in [4.69, 9.17) is 5.11 Å². The molecule has 1 N–H and O–H groups in total. The lowest BCUT2D eigenvalue weighted by molar-refractivity contribution is -0.203. The molecule has 1 rings (SSSR count). The van der Waals surface area contributed by atoms with Gasteiger partial charge in [-0.05, 0) is 24.1 Å². The van der Waals surface area contributed by atoms with Crippen molar-refractivity contribution >= 4 is 11.8 Å². The van der Waals surface area contributed by atoms with E-state index in [1.54, 1.807) is 0 Å². The molecule has 2 amide bonds. The normalized spacial score (nSPS) is 12.1. The molecule has 1 aromatic carbocycles. The molecule has 1 aromatic rings. The Balaban J connectivity index is 2.94. The number of phenols is 1. The van der Waals surface area contributed by atoms with Gasteiger partial charge in [0.1, 0.15) is 5.75 Å². The van der Waals surface area contributed by atoms with Gasteiger partial charge in [-0.3, -0.25) is 14.5 Å². The van der Waals surface area contributed by atoms with Crippen LogP contribution < -0.4 is 0 Å². The maximum atomic E-state index is 12.3. The number of carbonyl (C=O) groups excluding carboxylic acids is 2. The molecule has 10 heteroatoms. The van der Waals surface area contributed by atoms with Gasteiger partial charge in [-0.2, -0.15) is 26.3 Å². The highest BCUT2D eigenvalue weighted by Crippen LogP contribution is 2.24. The highest BCUT2D eigenvalue weighted by Gasteiger charge is 2.51. The van der Waals surface area contributed by atoms with Gasteiger partial charge >= 0.3 is 24.2 Å². The Morgan fingerprint density at radius 3 is 1.68 bits per heavy atom. The zero-order chi connectivity index (χ0) is 17.1. The molecule has 0 unspecified atom stereocenters. The Hall–Kier alpha value is -2.26. The van der Waals surface area contributed by atoms with Crippen LogP contribution in [0.15, 0.2) is 24.3 Å². The van der Waals surface area contributed by atoms with Gasteiger partial charge in [0, 0.05) is 6.54 Å². The molecule has 22 heavy (non-hydrogen) atoms. The highest BCUT2D eigenvalue weighted by molar-refractivity contribution is 6.00. The maximum absolute atomic E-state index is 12.3. The lowest BCUT2D eigenvalue weighted by Gasteiger charge is -2.22. The second-order valence-corrected chi connectivity index (χ2v) is 4.17. The molecule has 4 nitrogen and oxygen atoms in total. The second-order valence-electron chi connectivity index (χ2n) is 4.17. The summed E-state index contributed by atoms with van der Waals surface area (Å²) in [6.07, 6.45) is -11.6. The molecule has 0 atom stereocenters. The largest absolute Gasteiger partial charge is 0.508 e. The van der Waals surface area contributed by atoms with Crippen LogP contribution in [0.4, 0.5) is 26.3 Å². The summed E-state index contributed by atoms with van der Waals surface area (Å²) in [5.41, 5.74) is 0.243. The van der Waals surface area contributed by atoms with Gasteiger partial charge in [-0.25, -0.2) is 0 Å². The quantitative estimate of drug-likeness (QED) is 0.867. The number of carbonyl (C=O) groups is 2. The Morgan fingerprint density at radius 1 is 0.909 bits per heavy atom. The van der Waals surface area contributed by atoms with Crippen molar-refractivity contribution in [2.24, 2.45) is 0 Å². The molecule has 0 spiro atoms. The van der Waals surface area contributed by atoms with Crippen molar-refractivity contribution in [3.05, 3.63) is 29.8 Å². The number of phenolic OH excluding ortho intramolecular Hbond substituents is 1. The number of nitrogens with zero attached hydrogens (tertiary/aromatic N) is 1. The Morgan fingerprint density at radius 2 is 1.32 bits per heavy atom. The lowest BCUT2D eigenvalue weighted by Crippen LogP contribution is -2.50. The maximum Gasteiger partial charge on any atom is 0.471 e. The highest BCUT2D eigenvalue weighted by atomic mass is 19.4. The second kappa shape index (κ2) is 6.24. The summed E-state index contributed by atoms with van der Waals surface area (Å²) in [5.74, 6) is -5.92. The average molecular weight is 329 g/mol. The van der Waals surface area contributed by atoms with Crippen LogP contribution in [0.5, 0.6) is 5.75 Å². The molecule has 0 aliphatic rings. The third-order valence-electron chi connectivity index (χ3n) is 2.54. The molecule has 0 heterocycles. The molecule has 0 radical (unpaired) electrons. The van der Waals surface area contributed by atoms with Gasteiger partial charge in [-0.15, -0.1) is 0 Å². The van der Waals surface area contributed by atoms with Crippen LogP contribution in [-0.2, 0) is 16.0 Å². The summed E-state index contributed by atoms with van der Waals surface area (Å²) in [5, 5.41) is 9.01. The van der Waals surface area contributed by atoms with Gasteiger partial charge in [0.15, 0.2) is 0 Å². The summed E-state index contributed by atoms with van der Waals surface area (Å²) >= 11 is 0. The van der Waals surface area contributed by atoms with E-state index < -0.39 is 42.0 Å². The number of benzene rings is 1. The summed E-state index contributed by atoms with van der Waals surface area (Å²) in [6, 6.07) is 4.81. The summed E-state index contributed by atoms with van der Waals surface area (Å²) in [4.78, 5) is 21.1. The molecule has 0 fully saturated rings. The Kier molecular flexibility index (Phi) is 5.05. The van der Waals surface area contributed by atoms with E-state index in [2.05, 4.69) is 0 Å². The number of halogens is 6. The molecule has 0 bridgehead atoms. The monoisotopic (exact) mass is 329 g/mol. The van der Waals surface area contributed by atoms with Crippen molar-refractivity contribution in [3.63, 3.8) is 0 Å². The third-order valence-corrected chi connectivity index (χ3v) is 2.54. The van der Waals surface area contributed by atoms with Crippen LogP contribution in [0.3, 0.4) is 0 Å². The van der Waals surface area contributed by atoms with E-state index >= 15 is 0 Å². The number of aromatic hydroxyl groups is 1. The summed E-state index contributed by atoms with van der Waals surface area (Å²) < 4.78 is 73.7. The smallest absolute Gasteiger partial charge is 0.471 e. The van der Waals surface area contributed by atoms with Gasteiger partial charge in [-0.1, -0.05) is 12.1 Å². The number of alkyl halides is 6. The number of rotatable bonds is 3. The van der Waals surface area contributed by atoms with E-state index in [0.717, 1.165) is 12.1 Å². The van der Waals surface area contributed by atoms with E-state index in [-0.39, 0.29) is 11.3 Å². The topological polar surface area (TPSA) is 57.6 Å². The van der Waals surface area contributed by atoms with Crippen LogP contribution in [-0.4, -0.2) is 40.7 Å². The molecule has 0 aromatic heterocycles. The van der Waals surface area contributed by atoms with Crippen molar-refractivity contribution in [3.8, 4) is 5.75 Å². The van der Waals surface area contributed by atoms with Gasteiger partial charge in [0.2, 0.25) is 0 Å². The average Bonchev–Trinajstić information content (AvgIpc) is 2.38. The summed E-state index contributed by atoms with van der Waals surface area (Å²) in [7, 11) is 0. The molecule has 0 aliphatic heterocycles. The predicted octanol–water partition coefficient (Wildman–Crippen LogP) is 2.41. The lowest BCUT2D eigenvalue weighted by atomic mass is 10.1. The standard InChI is InChI=1S/C12H9F6NO3/c13-11(14,15)9(21)19(10(22)12(16,17)18)6-5-7-1-3-8(20)4-2-7/h1-4,20H,5-6H2. The third kappa shape index (κ3) is 4.64. The van der Waals surface area contributed by atoms with E-state index in [1.165, 1.54) is 12.1 Å². The van der Waals surface area contributed by atoms with Crippen molar-refractivity contribution in [2.75, 3.05) is 6.54 Å². The first-order valence-corrected chi connectivity index (χ1v) is 5.70. The van der Waals surface area contributed by atoms with Gasteiger partial charge < -0.3 is 5.11 Å². The van der Waals surface area contributed by atoms with Gasteiger partial charge in [0.05, 0.1) is 0 Å². The van der Waals surface area contributed by atoms with E-state index in [0.29, 0.717) is 0 Å². The molecule has 0 saturated carbocycles. The number of amides is 2. The molecular weight excluding hydrogens is 320 g/mol. The number of imide groups is 1. The minimum absolute atomic E-state index is 0.154. The fourth-order valence-corrected chi connectivity index (χ4v) is 1.50. The first-order valence-electron chi connectivity index (χ1n) is 5.70. The van der Waals surface area contributed by atoms with Crippen LogP contribution in [0.2, 0.25) is 0 Å². The zero-order valence-electron chi connectivity index (χ0n) is 10.7. The minimum atomic E-state index is -5.60. The van der Waals surface area contributed by atoms with Crippen molar-refractivity contribution in [1.82, 2.24) is 4.90 Å². The molecular formula is C12H9F6NO3. The van der Waals surface area contributed by atoms with E-state index in [1.807, 2.05) is 0 Å². The van der Waals surface area contributed by atoms with Gasteiger partial charge in [0.25, 0.3) is 0 Å². The van der Waals surface area contributed by atoms with E-state index in [9.17, 15) is 35.9 Å². The first kappa shape index (κ1) is 17.8. The molecule has 0 saturated heterocycles. The number of hydrogen-bond acceptors (Lipinski definition) is 3. The first-order chi connectivity index (χ1) is 9.93. The molecule has 0 aliphatic carbocycles. The van der Waals surface area contributed by atoms with Crippen LogP contribution in [0.1, 0.15) is 5.56 Å². The fraction of sp³-hybridized carbons (Fsp3) is 0.333. The zero-order valence-corrected chi connectivity index (χ0v) is 10.7. The summed E-state index contributed by atoms with van der Waals surface area (Å²) in [6.45, 7) is -1.10. The van der Waals surface area contributed by atoms with Crippen molar-refractivity contribution in [1.29, 1.82) is 0 Å². The SMILES string of the molecule is O=C(N(CCc1ccc(O)cc1)C(=O)C(F)(F)F)C(F)(F)F. The fourth-order valence-electron chi connectivity index (χ4n) is 1.50. The minimum Gasteiger partial charge on any atom is -0.508 e. The van der Waals surface area contributed by atoms with Crippen LogP contribution >= 0.6 is 0 Å².